The number of rotatable bonds is 7. The van der Waals surface area contributed by atoms with Gasteiger partial charge in [0.05, 0.1) is 21.9 Å². The smallest absolute Gasteiger partial charge is 0.221 e. The van der Waals surface area contributed by atoms with Crippen LogP contribution in [0.2, 0.25) is 0 Å². The molecule has 0 bridgehead atoms. The number of nitrogens with zero attached hydrogens (tertiary/aromatic N) is 1. The van der Waals surface area contributed by atoms with Gasteiger partial charge in [0.2, 0.25) is 5.91 Å². The zero-order valence-electron chi connectivity index (χ0n) is 18.1. The van der Waals surface area contributed by atoms with Crippen molar-refractivity contribution >= 4 is 51.9 Å². The summed E-state index contributed by atoms with van der Waals surface area (Å²) in [5.74, 6) is -0.0996. The molecule has 0 aliphatic rings. The Morgan fingerprint density at radius 3 is 2.42 bits per heavy atom. The van der Waals surface area contributed by atoms with Gasteiger partial charge in [-0.2, -0.15) is 0 Å². The molecule has 3 N–H and O–H groups in total. The Morgan fingerprint density at radius 2 is 1.81 bits per heavy atom. The van der Waals surface area contributed by atoms with Gasteiger partial charge in [-0.05, 0) is 69.1 Å². The van der Waals surface area contributed by atoms with Crippen LogP contribution in [0, 0.1) is 0 Å². The molecule has 31 heavy (non-hydrogen) atoms. The molecule has 1 unspecified atom stereocenters. The van der Waals surface area contributed by atoms with E-state index in [1.807, 2.05) is 48.7 Å². The Kier molecular flexibility index (Phi) is 7.66. The second-order valence-corrected chi connectivity index (χ2v) is 11.0. The normalized spacial score (nSPS) is 12.5. The van der Waals surface area contributed by atoms with Crippen molar-refractivity contribution in [3.63, 3.8) is 0 Å². The fraction of sp³-hybridized carbons (Fsp3) is 0.273. The van der Waals surface area contributed by atoms with Crippen molar-refractivity contribution in [2.45, 2.75) is 38.1 Å². The summed E-state index contributed by atoms with van der Waals surface area (Å²) in [5.41, 5.74) is 3.56. The molecule has 9 heteroatoms. The summed E-state index contributed by atoms with van der Waals surface area (Å²) in [6.45, 7) is 7.82. The van der Waals surface area contributed by atoms with Crippen molar-refractivity contribution in [3.05, 3.63) is 48.7 Å². The highest BCUT2D eigenvalue weighted by molar-refractivity contribution is 7.97. The minimum absolute atomic E-state index is 0.0667. The molecular weight excluding hydrogens is 448 g/mol. The van der Waals surface area contributed by atoms with E-state index in [1.165, 1.54) is 6.92 Å². The summed E-state index contributed by atoms with van der Waals surface area (Å²) < 4.78 is 17.6. The molecule has 2 aromatic carbocycles. The molecule has 3 aromatic rings. The van der Waals surface area contributed by atoms with Crippen molar-refractivity contribution < 1.29 is 9.35 Å². The molecule has 0 aliphatic heterocycles. The first-order valence-electron chi connectivity index (χ1n) is 9.63. The molecule has 0 fully saturated rings. The average Bonchev–Trinajstić information content (AvgIpc) is 3.15. The van der Waals surface area contributed by atoms with E-state index in [2.05, 4.69) is 40.5 Å². The standard InChI is InChI=1S/C22H26N4O2S3/c1-14(27)24-17-10-11-18(19(12-17)30-26-22(2,3)4)20-13-23-21(29-20)15-6-8-16(9-7-15)25-31(5)28/h6-13,25-26H,1-5H3,(H,24,27). The van der Waals surface area contributed by atoms with Crippen LogP contribution in [0.3, 0.4) is 0 Å². The molecule has 6 nitrogen and oxygen atoms in total. The molecule has 0 saturated carbocycles. The molecular formula is C22H26N4O2S3. The first-order valence-corrected chi connectivity index (χ1v) is 12.8. The predicted octanol–water partition coefficient (Wildman–Crippen LogP) is 5.54. The van der Waals surface area contributed by atoms with E-state index < -0.39 is 11.4 Å². The average molecular weight is 475 g/mol. The number of hydrogen-bond acceptors (Lipinski definition) is 7. The van der Waals surface area contributed by atoms with Crippen LogP contribution in [0.25, 0.3) is 21.0 Å². The maximum absolute atomic E-state index is 11.5. The van der Waals surface area contributed by atoms with Crippen molar-refractivity contribution in [1.82, 2.24) is 9.71 Å². The predicted molar refractivity (Wildman–Crippen MR) is 134 cm³/mol. The third kappa shape index (κ3) is 6.98. The second-order valence-electron chi connectivity index (χ2n) is 8.01. The number of carbonyl (C=O) groups excluding carboxylic acids is 1. The first kappa shape index (κ1) is 23.6. The SMILES string of the molecule is CC(=O)Nc1ccc(-c2cnc(-c3ccc(N[S+](C)[O-])cc3)s2)c(SNC(C)(C)C)c1. The number of carbonyl (C=O) groups is 1. The lowest BCUT2D eigenvalue weighted by Gasteiger charge is -2.20. The van der Waals surface area contributed by atoms with Gasteiger partial charge < -0.3 is 9.87 Å². The van der Waals surface area contributed by atoms with Gasteiger partial charge in [0.15, 0.2) is 0 Å². The van der Waals surface area contributed by atoms with Gasteiger partial charge in [-0.15, -0.1) is 11.3 Å². The van der Waals surface area contributed by atoms with E-state index in [0.717, 1.165) is 37.3 Å². The van der Waals surface area contributed by atoms with Crippen LogP contribution >= 0.6 is 23.3 Å². The Labute approximate surface area is 194 Å². The lowest BCUT2D eigenvalue weighted by atomic mass is 10.1. The maximum Gasteiger partial charge on any atom is 0.221 e. The lowest BCUT2D eigenvalue weighted by molar-refractivity contribution is -0.114. The summed E-state index contributed by atoms with van der Waals surface area (Å²) >= 11 is 2.05. The number of anilines is 2. The third-order valence-electron chi connectivity index (χ3n) is 3.93. The van der Waals surface area contributed by atoms with E-state index in [-0.39, 0.29) is 11.4 Å². The minimum atomic E-state index is -1.10. The molecule has 3 rings (SSSR count). The van der Waals surface area contributed by atoms with Crippen LogP contribution < -0.4 is 14.8 Å². The van der Waals surface area contributed by atoms with Gasteiger partial charge in [0, 0.05) is 40.4 Å². The Balaban J connectivity index is 1.89. The fourth-order valence-corrected chi connectivity index (χ4v) is 5.06. The molecule has 0 radical (unpaired) electrons. The summed E-state index contributed by atoms with van der Waals surface area (Å²) in [6.07, 6.45) is 3.48. The fourth-order valence-electron chi connectivity index (χ4n) is 2.68. The highest BCUT2D eigenvalue weighted by atomic mass is 32.2. The van der Waals surface area contributed by atoms with Crippen LogP contribution in [-0.4, -0.2) is 27.2 Å². The largest absolute Gasteiger partial charge is 0.593 e. The van der Waals surface area contributed by atoms with Crippen molar-refractivity contribution in [2.24, 2.45) is 0 Å². The highest BCUT2D eigenvalue weighted by Gasteiger charge is 2.16. The molecule has 164 valence electrons. The van der Waals surface area contributed by atoms with E-state index >= 15 is 0 Å². The second kappa shape index (κ2) is 10.1. The van der Waals surface area contributed by atoms with Crippen LogP contribution in [0.4, 0.5) is 11.4 Å². The molecule has 1 heterocycles. The van der Waals surface area contributed by atoms with Crippen LogP contribution in [0.15, 0.2) is 53.6 Å². The number of hydrogen-bond donors (Lipinski definition) is 3. The molecule has 0 saturated heterocycles. The summed E-state index contributed by atoms with van der Waals surface area (Å²) in [6, 6.07) is 13.6. The summed E-state index contributed by atoms with van der Waals surface area (Å²) in [7, 11) is 0. The molecule has 1 aromatic heterocycles. The van der Waals surface area contributed by atoms with Gasteiger partial charge >= 0.3 is 0 Å². The van der Waals surface area contributed by atoms with Crippen molar-refractivity contribution in [2.75, 3.05) is 16.3 Å². The number of amides is 1. The van der Waals surface area contributed by atoms with Gasteiger partial charge in [-0.25, -0.2) is 9.71 Å². The Morgan fingerprint density at radius 1 is 1.13 bits per heavy atom. The maximum atomic E-state index is 11.5. The third-order valence-corrected chi connectivity index (χ3v) is 6.81. The number of nitrogens with one attached hydrogen (secondary N) is 3. The van der Waals surface area contributed by atoms with Crippen molar-refractivity contribution in [1.29, 1.82) is 0 Å². The Bertz CT molecular complexity index is 1040. The van der Waals surface area contributed by atoms with Gasteiger partial charge in [-0.3, -0.25) is 9.52 Å². The molecule has 1 amide bonds. The minimum Gasteiger partial charge on any atom is -0.593 e. The van der Waals surface area contributed by atoms with E-state index in [0.29, 0.717) is 0 Å². The monoisotopic (exact) mass is 474 g/mol. The van der Waals surface area contributed by atoms with Crippen molar-refractivity contribution in [3.8, 4) is 21.0 Å². The lowest BCUT2D eigenvalue weighted by Crippen LogP contribution is -2.29. The van der Waals surface area contributed by atoms with Crippen LogP contribution in [-0.2, 0) is 16.2 Å². The zero-order chi connectivity index (χ0) is 22.6. The number of aromatic nitrogens is 1. The van der Waals surface area contributed by atoms with Gasteiger partial charge in [0.25, 0.3) is 0 Å². The highest BCUT2D eigenvalue weighted by Crippen LogP contribution is 2.38. The van der Waals surface area contributed by atoms with Gasteiger partial charge in [0.1, 0.15) is 11.3 Å². The number of thiazole rings is 1. The quantitative estimate of drug-likeness (QED) is 0.308. The van der Waals surface area contributed by atoms with Crippen LogP contribution in [0.5, 0.6) is 0 Å². The summed E-state index contributed by atoms with van der Waals surface area (Å²) in [5, 5.41) is 3.76. The molecule has 0 spiro atoms. The van der Waals surface area contributed by atoms with E-state index in [1.54, 1.807) is 29.5 Å². The topological polar surface area (TPSA) is 89.1 Å². The first-order chi connectivity index (χ1) is 14.6. The zero-order valence-corrected chi connectivity index (χ0v) is 20.6. The number of benzene rings is 2. The van der Waals surface area contributed by atoms with E-state index in [4.69, 9.17) is 0 Å². The molecule has 1 atom stereocenters. The van der Waals surface area contributed by atoms with Crippen LogP contribution in [0.1, 0.15) is 27.7 Å². The van der Waals surface area contributed by atoms with E-state index in [9.17, 15) is 9.35 Å². The molecule has 0 aliphatic carbocycles. The Hall–Kier alpha value is -2.04. The summed E-state index contributed by atoms with van der Waals surface area (Å²) in [4.78, 5) is 18.1. The van der Waals surface area contributed by atoms with Gasteiger partial charge in [-0.1, -0.05) is 6.07 Å².